The first kappa shape index (κ1) is 27.9. The Hall–Kier alpha value is -3.64. The Bertz CT molecular complexity index is 1490. The number of nitrogens with one attached hydrogen (secondary N) is 1. The molecule has 1 aliphatic heterocycles. The van der Waals surface area contributed by atoms with Gasteiger partial charge in [-0.1, -0.05) is 81.4 Å². The molecule has 1 fully saturated rings. The Morgan fingerprint density at radius 1 is 1.15 bits per heavy atom. The fraction of sp³-hybridized carbons (Fsp3) is 0.379. The molecule has 0 aliphatic carbocycles. The molecule has 2 aromatic carbocycles. The van der Waals surface area contributed by atoms with Gasteiger partial charge in [-0.05, 0) is 15.4 Å². The molecule has 2 aromatic heterocycles. The summed E-state index contributed by atoms with van der Waals surface area (Å²) >= 11 is 0. The van der Waals surface area contributed by atoms with E-state index in [1.807, 2.05) is 50.5 Å². The highest BCUT2D eigenvalue weighted by Crippen LogP contribution is 2.38. The third kappa shape index (κ3) is 5.25. The lowest BCUT2D eigenvalue weighted by Gasteiger charge is -2.43. The monoisotopic (exact) mass is 560 g/mol. The van der Waals surface area contributed by atoms with Crippen molar-refractivity contribution in [2.45, 2.75) is 50.7 Å². The van der Waals surface area contributed by atoms with Crippen LogP contribution in [0.2, 0.25) is 5.04 Å². The molecule has 1 saturated heterocycles. The standard InChI is InChI=1S/C29H36N6O4Si/c1-29(2,3)40(20-12-8-6-9-13-20,21-14-10-7-11-15-21)38-18-24-23(36)16-25(39-24)35-26-22(17-31-35)27(37)33-28(32-26)30-19-34(4)5/h6-15,17,19,23-25,36H,16,18H2,1-5H3,(H,32,33,37)/t23-,24-,25-/m1/s1. The maximum absolute atomic E-state index is 12.6. The first-order valence-electron chi connectivity index (χ1n) is 13.4. The number of hydrogen-bond donors (Lipinski definition) is 2. The lowest BCUT2D eigenvalue weighted by Crippen LogP contribution is -2.67. The zero-order chi connectivity index (χ0) is 28.5. The molecule has 2 N–H and O–H groups in total. The first-order valence-corrected chi connectivity index (χ1v) is 15.3. The highest BCUT2D eigenvalue weighted by Gasteiger charge is 2.51. The lowest BCUT2D eigenvalue weighted by molar-refractivity contribution is -0.0438. The zero-order valence-corrected chi connectivity index (χ0v) is 24.5. The van der Waals surface area contributed by atoms with Gasteiger partial charge in [0.15, 0.2) is 11.9 Å². The van der Waals surface area contributed by atoms with Crippen LogP contribution in [0.4, 0.5) is 5.95 Å². The summed E-state index contributed by atoms with van der Waals surface area (Å²) in [7, 11) is 0.850. The van der Waals surface area contributed by atoms with Crippen LogP contribution in [0.25, 0.3) is 11.0 Å². The van der Waals surface area contributed by atoms with Crippen molar-refractivity contribution in [3.8, 4) is 0 Å². The van der Waals surface area contributed by atoms with E-state index >= 15 is 0 Å². The zero-order valence-electron chi connectivity index (χ0n) is 23.5. The van der Waals surface area contributed by atoms with E-state index in [0.717, 1.165) is 10.4 Å². The van der Waals surface area contributed by atoms with Crippen molar-refractivity contribution in [3.63, 3.8) is 0 Å². The Balaban J connectivity index is 1.44. The summed E-state index contributed by atoms with van der Waals surface area (Å²) in [5, 5.41) is 17.9. The van der Waals surface area contributed by atoms with Crippen LogP contribution in [0.5, 0.6) is 0 Å². The van der Waals surface area contributed by atoms with Gasteiger partial charge in [0, 0.05) is 20.5 Å². The molecule has 11 heteroatoms. The predicted octanol–water partition coefficient (Wildman–Crippen LogP) is 2.57. The van der Waals surface area contributed by atoms with Crippen molar-refractivity contribution < 1.29 is 14.3 Å². The number of rotatable bonds is 8. The Morgan fingerprint density at radius 3 is 2.35 bits per heavy atom. The van der Waals surface area contributed by atoms with Crippen LogP contribution >= 0.6 is 0 Å². The molecule has 1 aliphatic rings. The summed E-state index contributed by atoms with van der Waals surface area (Å²) in [6, 6.07) is 20.7. The van der Waals surface area contributed by atoms with Crippen LogP contribution < -0.4 is 15.9 Å². The molecule has 5 rings (SSSR count). The number of nitrogens with zero attached hydrogens (tertiary/aromatic N) is 5. The summed E-state index contributed by atoms with van der Waals surface area (Å²) in [4.78, 5) is 25.8. The molecule has 4 aromatic rings. The van der Waals surface area contributed by atoms with Crippen molar-refractivity contribution in [1.29, 1.82) is 0 Å². The third-order valence-corrected chi connectivity index (χ3v) is 12.2. The van der Waals surface area contributed by atoms with Gasteiger partial charge >= 0.3 is 0 Å². The third-order valence-electron chi connectivity index (χ3n) is 7.22. The van der Waals surface area contributed by atoms with Gasteiger partial charge in [0.1, 0.15) is 11.5 Å². The number of fused-ring (bicyclic) bond motifs is 1. The van der Waals surface area contributed by atoms with Gasteiger partial charge in [0.25, 0.3) is 13.9 Å². The summed E-state index contributed by atoms with van der Waals surface area (Å²) in [5.74, 6) is 0.165. The minimum atomic E-state index is -2.80. The Labute approximate surface area is 234 Å². The maximum atomic E-state index is 12.6. The number of aliphatic hydroxyl groups is 1. The van der Waals surface area contributed by atoms with Crippen molar-refractivity contribution in [2.24, 2.45) is 4.99 Å². The molecule has 3 heterocycles. The number of benzene rings is 2. The van der Waals surface area contributed by atoms with Crippen molar-refractivity contribution >= 4 is 42.0 Å². The number of aliphatic imine (C=N–C) groups is 1. The van der Waals surface area contributed by atoms with Crippen LogP contribution in [0.1, 0.15) is 33.4 Å². The molecule has 40 heavy (non-hydrogen) atoms. The van der Waals surface area contributed by atoms with Crippen molar-refractivity contribution in [2.75, 3.05) is 20.7 Å². The Morgan fingerprint density at radius 2 is 1.77 bits per heavy atom. The molecule has 0 unspecified atom stereocenters. The van der Waals surface area contributed by atoms with E-state index < -0.39 is 26.8 Å². The quantitative estimate of drug-likeness (QED) is 0.193. The molecular weight excluding hydrogens is 524 g/mol. The predicted molar refractivity (Wildman–Crippen MR) is 158 cm³/mol. The highest BCUT2D eigenvalue weighted by molar-refractivity contribution is 6.99. The van der Waals surface area contributed by atoms with Crippen LogP contribution in [0, 0.1) is 0 Å². The van der Waals surface area contributed by atoms with E-state index in [1.165, 1.54) is 6.20 Å². The number of aromatic amines is 1. The number of aromatic nitrogens is 4. The SMILES string of the molecule is CN(C)C=Nc1nc2c(cnn2[C@H]2C[C@@H](O)[C@@H](CO[Si](c3ccccc3)(c3ccccc3)C(C)(C)C)O2)c(=O)[nH]1. The molecule has 0 radical (unpaired) electrons. The largest absolute Gasteiger partial charge is 0.405 e. The molecule has 0 amide bonds. The topological polar surface area (TPSA) is 118 Å². The second-order valence-electron chi connectivity index (χ2n) is 11.3. The van der Waals surface area contributed by atoms with E-state index in [0.29, 0.717) is 11.0 Å². The molecule has 0 bridgehead atoms. The fourth-order valence-electron chi connectivity index (χ4n) is 5.35. The van der Waals surface area contributed by atoms with Crippen LogP contribution in [0.15, 0.2) is 76.6 Å². The smallest absolute Gasteiger partial charge is 0.263 e. The normalized spacial score (nSPS) is 20.0. The van der Waals surface area contributed by atoms with E-state index in [1.54, 1.807) is 15.9 Å². The number of ether oxygens (including phenoxy) is 1. The summed E-state index contributed by atoms with van der Waals surface area (Å²) in [5.41, 5.74) is 0.00711. The van der Waals surface area contributed by atoms with Gasteiger partial charge in [-0.15, -0.1) is 0 Å². The Kier molecular flexibility index (Phi) is 7.73. The maximum Gasteiger partial charge on any atom is 0.263 e. The van der Waals surface area contributed by atoms with Gasteiger partial charge < -0.3 is 19.2 Å². The molecule has 0 spiro atoms. The lowest BCUT2D eigenvalue weighted by atomic mass is 10.2. The molecule has 10 nitrogen and oxygen atoms in total. The first-order chi connectivity index (χ1) is 19.1. The van der Waals surface area contributed by atoms with Gasteiger partial charge in [0.05, 0.1) is 25.2 Å². The van der Waals surface area contributed by atoms with Crippen LogP contribution in [-0.2, 0) is 9.16 Å². The van der Waals surface area contributed by atoms with Gasteiger partial charge in [0.2, 0.25) is 5.95 Å². The minimum Gasteiger partial charge on any atom is -0.405 e. The number of hydrogen-bond acceptors (Lipinski definition) is 7. The summed E-state index contributed by atoms with van der Waals surface area (Å²) < 4.78 is 14.9. The molecule has 3 atom stereocenters. The fourth-order valence-corrected chi connectivity index (χ4v) is 9.92. The van der Waals surface area contributed by atoms with Crippen LogP contribution in [-0.4, -0.2) is 77.3 Å². The van der Waals surface area contributed by atoms with Gasteiger partial charge in [-0.2, -0.15) is 10.1 Å². The minimum absolute atomic E-state index is 0.165. The summed E-state index contributed by atoms with van der Waals surface area (Å²) in [6.45, 7) is 6.84. The molecular formula is C29H36N6O4Si. The number of H-pyrrole nitrogens is 1. The van der Waals surface area contributed by atoms with Crippen LogP contribution in [0.3, 0.4) is 0 Å². The molecule has 210 valence electrons. The highest BCUT2D eigenvalue weighted by atomic mass is 28.4. The number of aliphatic hydroxyl groups excluding tert-OH is 1. The average molecular weight is 561 g/mol. The molecule has 0 saturated carbocycles. The van der Waals surface area contributed by atoms with E-state index in [-0.39, 0.29) is 29.6 Å². The van der Waals surface area contributed by atoms with E-state index in [2.05, 4.69) is 65.1 Å². The van der Waals surface area contributed by atoms with Crippen molar-refractivity contribution in [3.05, 3.63) is 77.2 Å². The van der Waals surface area contributed by atoms with E-state index in [4.69, 9.17) is 9.16 Å². The average Bonchev–Trinajstić information content (AvgIpc) is 3.52. The van der Waals surface area contributed by atoms with E-state index in [9.17, 15) is 9.90 Å². The summed E-state index contributed by atoms with van der Waals surface area (Å²) in [6.07, 6.45) is 1.33. The van der Waals surface area contributed by atoms with Crippen molar-refractivity contribution in [1.82, 2.24) is 24.6 Å². The van der Waals surface area contributed by atoms with Gasteiger partial charge in [-0.3, -0.25) is 9.78 Å². The second kappa shape index (κ2) is 11.1. The second-order valence-corrected chi connectivity index (χ2v) is 15.6. The van der Waals surface area contributed by atoms with Gasteiger partial charge in [-0.25, -0.2) is 9.67 Å².